The molecule has 1 atom stereocenters. The van der Waals surface area contributed by atoms with E-state index < -0.39 is 23.1 Å². The highest BCUT2D eigenvalue weighted by Crippen LogP contribution is 2.29. The van der Waals surface area contributed by atoms with Gasteiger partial charge >= 0.3 is 0 Å². The number of hydrogen-bond acceptors (Lipinski definition) is 3. The van der Waals surface area contributed by atoms with Crippen molar-refractivity contribution in [2.75, 3.05) is 16.8 Å². The van der Waals surface area contributed by atoms with E-state index in [1.54, 1.807) is 0 Å². The van der Waals surface area contributed by atoms with Crippen LogP contribution in [0.15, 0.2) is 18.2 Å². The lowest BCUT2D eigenvalue weighted by molar-refractivity contribution is -0.131. The summed E-state index contributed by atoms with van der Waals surface area (Å²) in [4.78, 5) is 11.7. The van der Waals surface area contributed by atoms with E-state index in [0.29, 0.717) is 24.0 Å². The van der Waals surface area contributed by atoms with Crippen LogP contribution >= 0.6 is 11.8 Å². The predicted molar refractivity (Wildman–Crippen MR) is 61.9 cm³/mol. The normalized spacial score (nSPS) is 23.7. The molecule has 1 unspecified atom stereocenters. The molecule has 1 aromatic rings. The topological polar surface area (TPSA) is 49.3 Å². The molecule has 1 heterocycles. The Morgan fingerprint density at radius 3 is 2.82 bits per heavy atom. The van der Waals surface area contributed by atoms with Crippen LogP contribution in [0.2, 0.25) is 0 Å². The number of hydrogen-bond donors (Lipinski definition) is 2. The minimum Gasteiger partial charge on any atom is -0.379 e. The van der Waals surface area contributed by atoms with Gasteiger partial charge in [0.15, 0.2) is 5.60 Å². The molecule has 1 aliphatic rings. The number of nitrogens with one attached hydrogen (secondary N) is 1. The van der Waals surface area contributed by atoms with Crippen LogP contribution in [0, 0.1) is 11.6 Å². The van der Waals surface area contributed by atoms with Crippen LogP contribution in [0.5, 0.6) is 0 Å². The highest BCUT2D eigenvalue weighted by Gasteiger charge is 2.39. The zero-order chi connectivity index (χ0) is 12.5. The first-order valence-corrected chi connectivity index (χ1v) is 6.23. The summed E-state index contributed by atoms with van der Waals surface area (Å²) in [5, 5.41) is 12.2. The Morgan fingerprint density at radius 1 is 1.47 bits per heavy atom. The lowest BCUT2D eigenvalue weighted by Crippen LogP contribution is -2.43. The van der Waals surface area contributed by atoms with Gasteiger partial charge in [0.2, 0.25) is 0 Å². The largest absolute Gasteiger partial charge is 0.379 e. The van der Waals surface area contributed by atoms with Crippen molar-refractivity contribution in [1.29, 1.82) is 0 Å². The van der Waals surface area contributed by atoms with Crippen molar-refractivity contribution >= 4 is 23.4 Å². The second-order valence-electron chi connectivity index (χ2n) is 3.91. The molecule has 1 amide bonds. The first kappa shape index (κ1) is 12.3. The summed E-state index contributed by atoms with van der Waals surface area (Å²) in [6, 6.07) is 2.86. The maximum atomic E-state index is 13.3. The summed E-state index contributed by atoms with van der Waals surface area (Å²) in [5.41, 5.74) is -1.58. The van der Waals surface area contributed by atoms with Crippen LogP contribution in [0.4, 0.5) is 14.5 Å². The Labute approximate surface area is 101 Å². The number of carbonyl (C=O) groups is 1. The van der Waals surface area contributed by atoms with Crippen LogP contribution in [0.1, 0.15) is 6.42 Å². The number of halogens is 2. The molecule has 17 heavy (non-hydrogen) atoms. The smallest absolute Gasteiger partial charge is 0.257 e. The van der Waals surface area contributed by atoms with Crippen molar-refractivity contribution in [2.24, 2.45) is 0 Å². The van der Waals surface area contributed by atoms with E-state index >= 15 is 0 Å². The van der Waals surface area contributed by atoms with Gasteiger partial charge in [0.1, 0.15) is 11.6 Å². The molecule has 92 valence electrons. The Hall–Kier alpha value is -1.14. The van der Waals surface area contributed by atoms with Crippen LogP contribution in [0.25, 0.3) is 0 Å². The first-order chi connectivity index (χ1) is 8.01. The summed E-state index contributed by atoms with van der Waals surface area (Å²) in [7, 11) is 0. The van der Waals surface area contributed by atoms with Gasteiger partial charge in [-0.2, -0.15) is 11.8 Å². The molecule has 1 saturated heterocycles. The number of anilines is 1. The molecule has 0 saturated carbocycles. The SMILES string of the molecule is O=C(Nc1ccc(F)cc1F)C1(O)CCSC1. The van der Waals surface area contributed by atoms with Gasteiger partial charge in [0.25, 0.3) is 5.91 Å². The fraction of sp³-hybridized carbons (Fsp3) is 0.364. The highest BCUT2D eigenvalue weighted by molar-refractivity contribution is 7.99. The summed E-state index contributed by atoms with van der Waals surface area (Å²) in [6.45, 7) is 0. The number of benzene rings is 1. The van der Waals surface area contributed by atoms with Crippen molar-refractivity contribution in [3.63, 3.8) is 0 Å². The molecule has 0 aromatic heterocycles. The van der Waals surface area contributed by atoms with E-state index in [1.165, 1.54) is 11.8 Å². The van der Waals surface area contributed by atoms with E-state index in [0.717, 1.165) is 12.1 Å². The molecule has 1 fully saturated rings. The van der Waals surface area contributed by atoms with Gasteiger partial charge in [0.05, 0.1) is 5.69 Å². The molecular formula is C11H11F2NO2S. The van der Waals surface area contributed by atoms with Crippen molar-refractivity contribution in [2.45, 2.75) is 12.0 Å². The maximum absolute atomic E-state index is 13.3. The third-order valence-electron chi connectivity index (χ3n) is 2.60. The van der Waals surface area contributed by atoms with Gasteiger partial charge in [-0.3, -0.25) is 4.79 Å². The highest BCUT2D eigenvalue weighted by atomic mass is 32.2. The monoisotopic (exact) mass is 259 g/mol. The molecule has 0 spiro atoms. The molecule has 3 nitrogen and oxygen atoms in total. The molecule has 6 heteroatoms. The number of rotatable bonds is 2. The van der Waals surface area contributed by atoms with Crippen molar-refractivity contribution in [1.82, 2.24) is 0 Å². The van der Waals surface area contributed by atoms with Crippen LogP contribution in [-0.4, -0.2) is 28.1 Å². The minimum absolute atomic E-state index is 0.123. The van der Waals surface area contributed by atoms with Gasteiger partial charge in [-0.25, -0.2) is 8.78 Å². The van der Waals surface area contributed by atoms with Crippen LogP contribution in [-0.2, 0) is 4.79 Å². The fourth-order valence-electron chi connectivity index (χ4n) is 1.56. The van der Waals surface area contributed by atoms with Gasteiger partial charge in [-0.1, -0.05) is 0 Å². The van der Waals surface area contributed by atoms with Gasteiger partial charge < -0.3 is 10.4 Å². The Morgan fingerprint density at radius 2 is 2.24 bits per heavy atom. The van der Waals surface area contributed by atoms with Gasteiger partial charge in [0, 0.05) is 11.8 Å². The predicted octanol–water partition coefficient (Wildman–Crippen LogP) is 1.77. The lowest BCUT2D eigenvalue weighted by atomic mass is 10.0. The Bertz CT molecular complexity index is 447. The average Bonchev–Trinajstić information content (AvgIpc) is 2.71. The Balaban J connectivity index is 2.13. The first-order valence-electron chi connectivity index (χ1n) is 5.08. The molecule has 2 rings (SSSR count). The zero-order valence-electron chi connectivity index (χ0n) is 8.87. The number of amides is 1. The second kappa shape index (κ2) is 4.62. The molecule has 0 bridgehead atoms. The van der Waals surface area contributed by atoms with Crippen LogP contribution in [0.3, 0.4) is 0 Å². The standard InChI is InChI=1S/C11H11F2NO2S/c12-7-1-2-9(8(13)5-7)14-10(15)11(16)3-4-17-6-11/h1-2,5,16H,3-4,6H2,(H,14,15). The summed E-state index contributed by atoms with van der Waals surface area (Å²) >= 11 is 1.46. The van der Waals surface area contributed by atoms with E-state index in [4.69, 9.17) is 0 Å². The van der Waals surface area contributed by atoms with Gasteiger partial charge in [-0.05, 0) is 24.3 Å². The Kier molecular flexibility index (Phi) is 3.35. The quantitative estimate of drug-likeness (QED) is 0.851. The second-order valence-corrected chi connectivity index (χ2v) is 5.02. The third kappa shape index (κ3) is 2.58. The van der Waals surface area contributed by atoms with E-state index in [-0.39, 0.29) is 5.69 Å². The van der Waals surface area contributed by atoms with Crippen molar-refractivity contribution < 1.29 is 18.7 Å². The zero-order valence-corrected chi connectivity index (χ0v) is 9.69. The van der Waals surface area contributed by atoms with Gasteiger partial charge in [-0.15, -0.1) is 0 Å². The third-order valence-corrected chi connectivity index (χ3v) is 3.78. The number of thioether (sulfide) groups is 1. The summed E-state index contributed by atoms with van der Waals surface area (Å²) in [5.74, 6) is -1.23. The number of carbonyl (C=O) groups excluding carboxylic acids is 1. The molecule has 0 aliphatic carbocycles. The molecule has 0 radical (unpaired) electrons. The van der Waals surface area contributed by atoms with E-state index in [9.17, 15) is 18.7 Å². The van der Waals surface area contributed by atoms with Crippen molar-refractivity contribution in [3.05, 3.63) is 29.8 Å². The fourth-order valence-corrected chi connectivity index (χ4v) is 2.80. The molecular weight excluding hydrogens is 248 g/mol. The maximum Gasteiger partial charge on any atom is 0.257 e. The minimum atomic E-state index is -1.45. The average molecular weight is 259 g/mol. The summed E-state index contributed by atoms with van der Waals surface area (Å²) < 4.78 is 25.9. The molecule has 2 N–H and O–H groups in total. The van der Waals surface area contributed by atoms with E-state index in [1.807, 2.05) is 0 Å². The molecule has 1 aromatic carbocycles. The molecule has 1 aliphatic heterocycles. The van der Waals surface area contributed by atoms with E-state index in [2.05, 4.69) is 5.32 Å². The van der Waals surface area contributed by atoms with Crippen molar-refractivity contribution in [3.8, 4) is 0 Å². The van der Waals surface area contributed by atoms with Crippen LogP contribution < -0.4 is 5.32 Å². The number of aliphatic hydroxyl groups is 1. The summed E-state index contributed by atoms with van der Waals surface area (Å²) in [6.07, 6.45) is 0.340. The lowest BCUT2D eigenvalue weighted by Gasteiger charge is -2.20.